The van der Waals surface area contributed by atoms with Gasteiger partial charge in [0.05, 0.1) is 0 Å². The molecule has 0 bridgehead atoms. The summed E-state index contributed by atoms with van der Waals surface area (Å²) in [5.41, 5.74) is 8.72. The van der Waals surface area contributed by atoms with Gasteiger partial charge in [0, 0.05) is 24.8 Å². The Hall–Kier alpha value is -1.80. The molecule has 0 heterocycles. The summed E-state index contributed by atoms with van der Waals surface area (Å²) < 4.78 is 0. The normalized spacial score (nSPS) is 13.7. The third kappa shape index (κ3) is 4.08. The Labute approximate surface area is 128 Å². The molecule has 2 rings (SSSR count). The number of anilines is 1. The molecule has 2 nitrogen and oxygen atoms in total. The lowest BCUT2D eigenvalue weighted by Crippen LogP contribution is -2.41. The van der Waals surface area contributed by atoms with Gasteiger partial charge >= 0.3 is 0 Å². The van der Waals surface area contributed by atoms with E-state index in [-0.39, 0.29) is 0 Å². The fourth-order valence-corrected chi connectivity index (χ4v) is 2.95. The maximum Gasteiger partial charge on any atom is 0.0417 e. The van der Waals surface area contributed by atoms with Crippen LogP contribution in [-0.2, 0) is 0 Å². The quantitative estimate of drug-likeness (QED) is 0.830. The fraction of sp³-hybridized carbons (Fsp3) is 0.368. The summed E-state index contributed by atoms with van der Waals surface area (Å²) in [6.45, 7) is 6.15. The van der Waals surface area contributed by atoms with E-state index in [2.05, 4.69) is 79.4 Å². The number of nitrogens with two attached hydrogens (primary N) is 1. The number of para-hydroxylation sites is 1. The van der Waals surface area contributed by atoms with Crippen molar-refractivity contribution in [2.24, 2.45) is 5.73 Å². The van der Waals surface area contributed by atoms with E-state index in [0.29, 0.717) is 18.5 Å². The Kier molecular flexibility index (Phi) is 5.82. The Morgan fingerprint density at radius 1 is 0.952 bits per heavy atom. The van der Waals surface area contributed by atoms with Crippen molar-refractivity contribution < 1.29 is 0 Å². The molecule has 0 aromatic heterocycles. The number of likely N-dealkylation sites (N-methyl/N-ethyl adjacent to an activating group) is 1. The van der Waals surface area contributed by atoms with E-state index in [0.717, 1.165) is 13.0 Å². The van der Waals surface area contributed by atoms with Crippen molar-refractivity contribution in [1.29, 1.82) is 0 Å². The highest BCUT2D eigenvalue weighted by Crippen LogP contribution is 2.25. The summed E-state index contributed by atoms with van der Waals surface area (Å²) in [5.74, 6) is 0.512. The summed E-state index contributed by atoms with van der Waals surface area (Å²) in [7, 11) is 0. The molecule has 112 valence electrons. The predicted octanol–water partition coefficient (Wildman–Crippen LogP) is 4.03. The van der Waals surface area contributed by atoms with Crippen molar-refractivity contribution in [3.05, 3.63) is 66.2 Å². The van der Waals surface area contributed by atoms with Crippen molar-refractivity contribution in [3.63, 3.8) is 0 Å². The molecule has 0 amide bonds. The largest absolute Gasteiger partial charge is 0.368 e. The second-order valence-electron chi connectivity index (χ2n) is 5.56. The topological polar surface area (TPSA) is 29.3 Å². The van der Waals surface area contributed by atoms with Crippen molar-refractivity contribution in [3.8, 4) is 0 Å². The molecule has 2 unspecified atom stereocenters. The van der Waals surface area contributed by atoms with Gasteiger partial charge in [-0.05, 0) is 37.0 Å². The van der Waals surface area contributed by atoms with E-state index in [9.17, 15) is 0 Å². The first-order chi connectivity index (χ1) is 10.3. The lowest BCUT2D eigenvalue weighted by molar-refractivity contribution is 0.519. The van der Waals surface area contributed by atoms with Crippen molar-refractivity contribution in [2.75, 3.05) is 18.0 Å². The highest BCUT2D eigenvalue weighted by molar-refractivity contribution is 5.47. The molecule has 2 heteroatoms. The van der Waals surface area contributed by atoms with Gasteiger partial charge in [0.15, 0.2) is 0 Å². The molecule has 0 aliphatic rings. The Balaban J connectivity index is 2.11. The molecule has 0 aliphatic heterocycles. The Bertz CT molecular complexity index is 510. The molecule has 0 fully saturated rings. The van der Waals surface area contributed by atoms with E-state index in [1.54, 1.807) is 0 Å². The molecule has 0 radical (unpaired) electrons. The van der Waals surface area contributed by atoms with Crippen LogP contribution < -0.4 is 10.6 Å². The van der Waals surface area contributed by atoms with Crippen LogP contribution in [0.25, 0.3) is 0 Å². The summed E-state index contributed by atoms with van der Waals surface area (Å²) in [4.78, 5) is 2.42. The van der Waals surface area contributed by atoms with Crippen LogP contribution in [-0.4, -0.2) is 19.1 Å². The van der Waals surface area contributed by atoms with Crippen LogP contribution in [0.3, 0.4) is 0 Å². The van der Waals surface area contributed by atoms with Gasteiger partial charge < -0.3 is 10.6 Å². The number of nitrogens with zero attached hydrogens (tertiary/aromatic N) is 1. The number of hydrogen-bond donors (Lipinski definition) is 1. The van der Waals surface area contributed by atoms with Crippen molar-refractivity contribution in [2.45, 2.75) is 32.2 Å². The van der Waals surface area contributed by atoms with Crippen molar-refractivity contribution >= 4 is 5.69 Å². The fourth-order valence-electron chi connectivity index (χ4n) is 2.95. The smallest absolute Gasteiger partial charge is 0.0417 e. The molecule has 0 spiro atoms. The molecular weight excluding hydrogens is 256 g/mol. The molecule has 2 atom stereocenters. The summed E-state index contributed by atoms with van der Waals surface area (Å²) in [6, 6.07) is 21.6. The number of rotatable bonds is 7. The number of benzene rings is 2. The molecule has 0 saturated carbocycles. The molecule has 0 aliphatic carbocycles. The summed E-state index contributed by atoms with van der Waals surface area (Å²) >= 11 is 0. The van der Waals surface area contributed by atoms with Crippen LogP contribution in [0.1, 0.15) is 31.7 Å². The van der Waals surface area contributed by atoms with Gasteiger partial charge in [-0.1, -0.05) is 55.5 Å². The maximum atomic E-state index is 6.07. The van der Waals surface area contributed by atoms with Gasteiger partial charge in [-0.15, -0.1) is 0 Å². The van der Waals surface area contributed by atoms with Crippen LogP contribution in [0.2, 0.25) is 0 Å². The summed E-state index contributed by atoms with van der Waals surface area (Å²) in [5, 5.41) is 0. The van der Waals surface area contributed by atoms with Crippen molar-refractivity contribution in [1.82, 2.24) is 0 Å². The van der Waals surface area contributed by atoms with E-state index in [1.165, 1.54) is 11.3 Å². The first-order valence-electron chi connectivity index (χ1n) is 7.83. The zero-order chi connectivity index (χ0) is 15.1. The minimum absolute atomic E-state index is 0.368. The van der Waals surface area contributed by atoms with Gasteiger partial charge in [-0.25, -0.2) is 0 Å². The zero-order valence-corrected chi connectivity index (χ0v) is 13.1. The van der Waals surface area contributed by atoms with Gasteiger partial charge in [0.25, 0.3) is 0 Å². The van der Waals surface area contributed by atoms with E-state index in [1.807, 2.05) is 0 Å². The molecule has 2 aromatic rings. The molecule has 21 heavy (non-hydrogen) atoms. The lowest BCUT2D eigenvalue weighted by Gasteiger charge is -2.34. The van der Waals surface area contributed by atoms with Gasteiger partial charge in [-0.3, -0.25) is 0 Å². The second-order valence-corrected chi connectivity index (χ2v) is 5.56. The first-order valence-corrected chi connectivity index (χ1v) is 7.83. The standard InChI is InChI=1S/C19H26N2/c1-3-21(18-12-8-5-9-13-18)19(15-20)14-16(2)17-10-6-4-7-11-17/h4-13,16,19H,3,14-15,20H2,1-2H3. The van der Waals surface area contributed by atoms with Gasteiger partial charge in [0.2, 0.25) is 0 Å². The molecule has 2 aromatic carbocycles. The van der Waals surface area contributed by atoms with Crippen LogP contribution in [0.4, 0.5) is 5.69 Å². The van der Waals surface area contributed by atoms with E-state index < -0.39 is 0 Å². The van der Waals surface area contributed by atoms with E-state index in [4.69, 9.17) is 5.73 Å². The highest BCUT2D eigenvalue weighted by Gasteiger charge is 2.19. The van der Waals surface area contributed by atoms with Gasteiger partial charge in [-0.2, -0.15) is 0 Å². The minimum Gasteiger partial charge on any atom is -0.368 e. The lowest BCUT2D eigenvalue weighted by atomic mass is 9.93. The van der Waals surface area contributed by atoms with Gasteiger partial charge in [0.1, 0.15) is 0 Å². The third-order valence-corrected chi connectivity index (χ3v) is 4.14. The molecular formula is C19H26N2. The Morgan fingerprint density at radius 2 is 1.52 bits per heavy atom. The van der Waals surface area contributed by atoms with Crippen LogP contribution in [0.15, 0.2) is 60.7 Å². The highest BCUT2D eigenvalue weighted by atomic mass is 15.2. The number of hydrogen-bond acceptors (Lipinski definition) is 2. The van der Waals surface area contributed by atoms with Crippen LogP contribution >= 0.6 is 0 Å². The SMILES string of the molecule is CCN(c1ccccc1)C(CN)CC(C)c1ccccc1. The minimum atomic E-state index is 0.368. The summed E-state index contributed by atoms with van der Waals surface area (Å²) in [6.07, 6.45) is 1.07. The second kappa shape index (κ2) is 7.84. The average molecular weight is 282 g/mol. The predicted molar refractivity (Wildman–Crippen MR) is 91.8 cm³/mol. The van der Waals surface area contributed by atoms with Crippen LogP contribution in [0, 0.1) is 0 Å². The average Bonchev–Trinajstić information content (AvgIpc) is 2.56. The molecule has 0 saturated heterocycles. The molecule has 2 N–H and O–H groups in total. The third-order valence-electron chi connectivity index (χ3n) is 4.14. The monoisotopic (exact) mass is 282 g/mol. The van der Waals surface area contributed by atoms with Crippen LogP contribution in [0.5, 0.6) is 0 Å². The first kappa shape index (κ1) is 15.6. The Morgan fingerprint density at radius 3 is 2.05 bits per heavy atom. The van der Waals surface area contributed by atoms with E-state index >= 15 is 0 Å². The maximum absolute atomic E-state index is 6.07. The zero-order valence-electron chi connectivity index (χ0n) is 13.1.